The van der Waals surface area contributed by atoms with Gasteiger partial charge in [0.1, 0.15) is 0 Å². The van der Waals surface area contributed by atoms with Crippen LogP contribution in [0.5, 0.6) is 0 Å². The molecule has 9 aromatic carbocycles. The van der Waals surface area contributed by atoms with Crippen LogP contribution in [0.3, 0.4) is 0 Å². The topological polar surface area (TPSA) is 8.17 Å². The number of rotatable bonds is 6. The summed E-state index contributed by atoms with van der Waals surface area (Å²) in [6, 6.07) is 74.6. The molecule has 0 fully saturated rings. The number of benzene rings is 9. The van der Waals surface area contributed by atoms with Gasteiger partial charge in [0.05, 0.1) is 11.0 Å². The Hall–Kier alpha value is -6.90. The molecule has 0 saturated heterocycles. The first-order chi connectivity index (χ1) is 25.8. The first kappa shape index (κ1) is 30.0. The van der Waals surface area contributed by atoms with Gasteiger partial charge < -0.3 is 9.47 Å². The van der Waals surface area contributed by atoms with E-state index >= 15 is 0 Å². The van der Waals surface area contributed by atoms with Gasteiger partial charge >= 0.3 is 0 Å². The Labute approximate surface area is 303 Å². The van der Waals surface area contributed by atoms with Gasteiger partial charge in [-0.2, -0.15) is 0 Å². The Kier molecular flexibility index (Phi) is 7.18. The third kappa shape index (κ3) is 5.21. The van der Waals surface area contributed by atoms with Gasteiger partial charge in [-0.05, 0) is 123 Å². The summed E-state index contributed by atoms with van der Waals surface area (Å²) in [7, 11) is 0. The second-order valence-corrected chi connectivity index (χ2v) is 13.4. The van der Waals surface area contributed by atoms with E-state index in [9.17, 15) is 0 Å². The van der Waals surface area contributed by atoms with Gasteiger partial charge in [0.15, 0.2) is 0 Å². The normalized spacial score (nSPS) is 11.5. The lowest BCUT2D eigenvalue weighted by molar-refractivity contribution is 1.17. The minimum atomic E-state index is 1.11. The van der Waals surface area contributed by atoms with Crippen LogP contribution in [0.1, 0.15) is 0 Å². The summed E-state index contributed by atoms with van der Waals surface area (Å²) in [6.07, 6.45) is 0. The maximum Gasteiger partial charge on any atom is 0.0541 e. The van der Waals surface area contributed by atoms with Crippen molar-refractivity contribution in [3.05, 3.63) is 206 Å². The molecule has 1 heterocycles. The van der Waals surface area contributed by atoms with E-state index in [2.05, 4.69) is 216 Å². The quantitative estimate of drug-likeness (QED) is 0.172. The second-order valence-electron chi connectivity index (χ2n) is 13.4. The molecule has 244 valence electrons. The molecule has 0 N–H and O–H groups in total. The zero-order valence-electron chi connectivity index (χ0n) is 28.5. The van der Waals surface area contributed by atoms with Gasteiger partial charge in [0.25, 0.3) is 0 Å². The van der Waals surface area contributed by atoms with Crippen molar-refractivity contribution < 1.29 is 0 Å². The van der Waals surface area contributed by atoms with Gasteiger partial charge in [0.2, 0.25) is 0 Å². The van der Waals surface area contributed by atoms with E-state index < -0.39 is 0 Å². The van der Waals surface area contributed by atoms with Crippen LogP contribution >= 0.6 is 0 Å². The fourth-order valence-electron chi connectivity index (χ4n) is 7.75. The molecule has 52 heavy (non-hydrogen) atoms. The average molecular weight is 663 g/mol. The third-order valence-corrected chi connectivity index (χ3v) is 10.3. The molecule has 0 radical (unpaired) electrons. The van der Waals surface area contributed by atoms with E-state index in [0.29, 0.717) is 0 Å². The smallest absolute Gasteiger partial charge is 0.0541 e. The zero-order valence-corrected chi connectivity index (χ0v) is 28.5. The molecule has 10 rings (SSSR count). The predicted molar refractivity (Wildman–Crippen MR) is 221 cm³/mol. The predicted octanol–water partition coefficient (Wildman–Crippen LogP) is 13.9. The molecule has 0 aliphatic carbocycles. The number of nitrogens with zero attached hydrogens (tertiary/aromatic N) is 2. The number of para-hydroxylation sites is 3. The Morgan fingerprint density at radius 2 is 0.692 bits per heavy atom. The summed E-state index contributed by atoms with van der Waals surface area (Å²) in [5, 5.41) is 7.55. The van der Waals surface area contributed by atoms with Crippen LogP contribution in [0.25, 0.3) is 71.3 Å². The molecule has 10 aromatic rings. The van der Waals surface area contributed by atoms with Crippen LogP contribution in [-0.4, -0.2) is 4.57 Å². The SMILES string of the molecule is c1ccc(N(c2ccc(-c3ccc4cc(-c5ccc6ccccc6c5)ccc4c3)cc2)c2ccc(-n3c4ccccc4c4ccccc43)cc2)cc1. The Bertz CT molecular complexity index is 2830. The van der Waals surface area contributed by atoms with Crippen molar-refractivity contribution in [2.24, 2.45) is 0 Å². The maximum absolute atomic E-state index is 2.36. The molecule has 0 aliphatic heterocycles. The van der Waals surface area contributed by atoms with E-state index in [1.807, 2.05) is 0 Å². The number of fused-ring (bicyclic) bond motifs is 5. The van der Waals surface area contributed by atoms with E-state index in [0.717, 1.165) is 22.7 Å². The van der Waals surface area contributed by atoms with Crippen molar-refractivity contribution in [3.8, 4) is 27.9 Å². The lowest BCUT2D eigenvalue weighted by Crippen LogP contribution is -2.10. The monoisotopic (exact) mass is 662 g/mol. The molecular formula is C50H34N2. The van der Waals surface area contributed by atoms with Gasteiger partial charge in [-0.25, -0.2) is 0 Å². The van der Waals surface area contributed by atoms with E-state index in [1.54, 1.807) is 0 Å². The van der Waals surface area contributed by atoms with E-state index in [1.165, 1.54) is 65.6 Å². The average Bonchev–Trinajstić information content (AvgIpc) is 3.56. The fraction of sp³-hybridized carbons (Fsp3) is 0. The van der Waals surface area contributed by atoms with Crippen molar-refractivity contribution in [2.75, 3.05) is 4.90 Å². The van der Waals surface area contributed by atoms with Gasteiger partial charge in [0, 0.05) is 33.5 Å². The molecule has 1 aromatic heterocycles. The first-order valence-electron chi connectivity index (χ1n) is 17.8. The van der Waals surface area contributed by atoms with E-state index in [-0.39, 0.29) is 0 Å². The summed E-state index contributed by atoms with van der Waals surface area (Å²) in [5.74, 6) is 0. The highest BCUT2D eigenvalue weighted by Gasteiger charge is 2.15. The Morgan fingerprint density at radius 3 is 1.29 bits per heavy atom. The van der Waals surface area contributed by atoms with Crippen molar-refractivity contribution in [2.45, 2.75) is 0 Å². The molecule has 0 unspecified atom stereocenters. The van der Waals surface area contributed by atoms with Crippen LogP contribution in [0.15, 0.2) is 206 Å². The molecule has 2 nitrogen and oxygen atoms in total. The Morgan fingerprint density at radius 1 is 0.288 bits per heavy atom. The van der Waals surface area contributed by atoms with Crippen LogP contribution in [0.2, 0.25) is 0 Å². The Balaban J connectivity index is 0.972. The van der Waals surface area contributed by atoms with Crippen LogP contribution in [-0.2, 0) is 0 Å². The van der Waals surface area contributed by atoms with Crippen LogP contribution in [0.4, 0.5) is 17.1 Å². The number of hydrogen-bond donors (Lipinski definition) is 0. The number of anilines is 3. The van der Waals surface area contributed by atoms with Gasteiger partial charge in [-0.15, -0.1) is 0 Å². The van der Waals surface area contributed by atoms with Gasteiger partial charge in [-0.3, -0.25) is 0 Å². The van der Waals surface area contributed by atoms with Crippen molar-refractivity contribution in [1.29, 1.82) is 0 Å². The van der Waals surface area contributed by atoms with Crippen LogP contribution < -0.4 is 4.90 Å². The largest absolute Gasteiger partial charge is 0.311 e. The summed E-state index contributed by atoms with van der Waals surface area (Å²) in [6.45, 7) is 0. The molecule has 0 bridgehead atoms. The van der Waals surface area contributed by atoms with Gasteiger partial charge in [-0.1, -0.05) is 127 Å². The maximum atomic E-state index is 2.36. The first-order valence-corrected chi connectivity index (χ1v) is 17.8. The summed E-state index contributed by atoms with van der Waals surface area (Å²) in [5.41, 5.74) is 11.8. The summed E-state index contributed by atoms with van der Waals surface area (Å²) < 4.78 is 2.36. The van der Waals surface area contributed by atoms with Crippen molar-refractivity contribution in [3.63, 3.8) is 0 Å². The van der Waals surface area contributed by atoms with Crippen molar-refractivity contribution in [1.82, 2.24) is 4.57 Å². The number of aromatic nitrogens is 1. The summed E-state index contributed by atoms with van der Waals surface area (Å²) in [4.78, 5) is 2.33. The van der Waals surface area contributed by atoms with Crippen molar-refractivity contribution >= 4 is 60.4 Å². The molecule has 0 spiro atoms. The third-order valence-electron chi connectivity index (χ3n) is 10.3. The molecule has 0 amide bonds. The molecule has 2 heteroatoms. The molecule has 0 aliphatic rings. The second kappa shape index (κ2) is 12.5. The highest BCUT2D eigenvalue weighted by Crippen LogP contribution is 2.38. The summed E-state index contributed by atoms with van der Waals surface area (Å²) >= 11 is 0. The standard InChI is InChI=1S/C50H34N2/c1-2-12-43(13-3-1)51(45-28-30-46(31-29-45)52-49-16-8-6-14-47(49)48-15-7-9-17-50(48)52)44-26-24-36(25-27-44)38-20-21-41-34-42(23-22-40(41)33-38)39-19-18-35-10-4-5-11-37(35)32-39/h1-34H. The van der Waals surface area contributed by atoms with E-state index in [4.69, 9.17) is 0 Å². The molecular weight excluding hydrogens is 629 g/mol. The molecule has 0 saturated carbocycles. The highest BCUT2D eigenvalue weighted by molar-refractivity contribution is 6.09. The lowest BCUT2D eigenvalue weighted by Gasteiger charge is -2.26. The minimum absolute atomic E-state index is 1.11. The molecule has 0 atom stereocenters. The number of hydrogen-bond acceptors (Lipinski definition) is 1. The minimum Gasteiger partial charge on any atom is -0.311 e. The van der Waals surface area contributed by atoms with Crippen LogP contribution in [0, 0.1) is 0 Å². The zero-order chi connectivity index (χ0) is 34.4. The lowest BCUT2D eigenvalue weighted by atomic mass is 9.96. The fourth-order valence-corrected chi connectivity index (χ4v) is 7.75. The highest BCUT2D eigenvalue weighted by atomic mass is 15.1.